The Kier molecular flexibility index (Phi) is 3.82. The smallest absolute Gasteiger partial charge is 0.146 e. The van der Waals surface area contributed by atoms with Gasteiger partial charge in [-0.25, -0.2) is 4.98 Å². The average molecular weight is 252 g/mol. The summed E-state index contributed by atoms with van der Waals surface area (Å²) in [5.74, 6) is 0.588. The average Bonchev–Trinajstić information content (AvgIpc) is 2.32. The number of ether oxygens (including phenoxy) is 1. The summed E-state index contributed by atoms with van der Waals surface area (Å²) in [6.45, 7) is 2.79. The normalized spacial score (nSPS) is 24.1. The summed E-state index contributed by atoms with van der Waals surface area (Å²) >= 11 is 6.09. The minimum atomic E-state index is 0.249. The quantitative estimate of drug-likeness (QED) is 0.878. The van der Waals surface area contributed by atoms with E-state index in [4.69, 9.17) is 21.6 Å². The predicted octanol–water partition coefficient (Wildman–Crippen LogP) is 2.59. The minimum absolute atomic E-state index is 0.249. The van der Waals surface area contributed by atoms with Gasteiger partial charge in [0.2, 0.25) is 0 Å². The van der Waals surface area contributed by atoms with Crippen LogP contribution in [-0.2, 0) is 4.74 Å². The maximum Gasteiger partial charge on any atom is 0.146 e. The van der Waals surface area contributed by atoms with Gasteiger partial charge in [0.1, 0.15) is 16.9 Å². The number of rotatable bonds is 2. The molecule has 0 aromatic carbocycles. The summed E-state index contributed by atoms with van der Waals surface area (Å²) in [5.41, 5.74) is 0.448. The number of halogens is 1. The first kappa shape index (κ1) is 12.2. The van der Waals surface area contributed by atoms with Crippen molar-refractivity contribution in [2.24, 2.45) is 0 Å². The second-order valence-corrected chi connectivity index (χ2v) is 4.56. The van der Waals surface area contributed by atoms with E-state index in [1.807, 2.05) is 6.07 Å². The van der Waals surface area contributed by atoms with Crippen LogP contribution in [0.1, 0.15) is 25.3 Å². The fourth-order valence-corrected chi connectivity index (χ4v) is 2.16. The van der Waals surface area contributed by atoms with E-state index in [1.165, 1.54) is 0 Å². The van der Waals surface area contributed by atoms with Gasteiger partial charge >= 0.3 is 0 Å². The molecule has 0 bridgehead atoms. The highest BCUT2D eigenvalue weighted by atomic mass is 35.5. The van der Waals surface area contributed by atoms with Gasteiger partial charge in [-0.15, -0.1) is 0 Å². The molecule has 0 amide bonds. The fraction of sp³-hybridized carbons (Fsp3) is 0.500. The highest BCUT2D eigenvalue weighted by Gasteiger charge is 2.20. The van der Waals surface area contributed by atoms with E-state index >= 15 is 0 Å². The van der Waals surface area contributed by atoms with Gasteiger partial charge in [-0.2, -0.15) is 5.26 Å². The standard InChI is InChI=1S/C12H14ClN3O/c1-8-6-10(3-5-17-8)16-12-11(13)9(7-14)2-4-15-12/h2,4,8,10H,3,5-6H2,1H3,(H,15,16). The summed E-state index contributed by atoms with van der Waals surface area (Å²) in [6.07, 6.45) is 3.70. The fourth-order valence-electron chi connectivity index (χ4n) is 1.95. The van der Waals surface area contributed by atoms with Crippen LogP contribution in [0.3, 0.4) is 0 Å². The molecule has 5 heteroatoms. The van der Waals surface area contributed by atoms with Gasteiger partial charge in [0.15, 0.2) is 0 Å². The Morgan fingerprint density at radius 1 is 1.65 bits per heavy atom. The van der Waals surface area contributed by atoms with Crippen molar-refractivity contribution >= 4 is 17.4 Å². The molecule has 2 atom stereocenters. The molecular formula is C12H14ClN3O. The maximum atomic E-state index is 8.88. The van der Waals surface area contributed by atoms with Gasteiger partial charge in [0, 0.05) is 18.8 Å². The molecule has 90 valence electrons. The zero-order valence-electron chi connectivity index (χ0n) is 9.61. The Bertz CT molecular complexity index is 444. The van der Waals surface area contributed by atoms with Crippen LogP contribution in [0.2, 0.25) is 5.02 Å². The van der Waals surface area contributed by atoms with Crippen molar-refractivity contribution in [3.8, 4) is 6.07 Å². The van der Waals surface area contributed by atoms with Gasteiger partial charge < -0.3 is 10.1 Å². The van der Waals surface area contributed by atoms with Gasteiger partial charge in [-0.05, 0) is 25.8 Å². The molecule has 2 unspecified atom stereocenters. The Morgan fingerprint density at radius 2 is 2.47 bits per heavy atom. The lowest BCUT2D eigenvalue weighted by atomic mass is 10.0. The van der Waals surface area contributed by atoms with Crippen LogP contribution in [-0.4, -0.2) is 23.7 Å². The third kappa shape index (κ3) is 2.87. The highest BCUT2D eigenvalue weighted by molar-refractivity contribution is 6.34. The Hall–Kier alpha value is -1.31. The van der Waals surface area contributed by atoms with Crippen LogP contribution in [0.15, 0.2) is 12.3 Å². The summed E-state index contributed by atoms with van der Waals surface area (Å²) in [7, 11) is 0. The zero-order chi connectivity index (χ0) is 12.3. The number of hydrogen-bond donors (Lipinski definition) is 1. The Labute approximate surface area is 106 Å². The van der Waals surface area contributed by atoms with E-state index in [0.29, 0.717) is 22.4 Å². The van der Waals surface area contributed by atoms with Crippen LogP contribution in [0.5, 0.6) is 0 Å². The number of nitriles is 1. The number of nitrogens with zero attached hydrogens (tertiary/aromatic N) is 2. The Morgan fingerprint density at radius 3 is 3.18 bits per heavy atom. The predicted molar refractivity (Wildman–Crippen MR) is 66.0 cm³/mol. The molecule has 1 fully saturated rings. The lowest BCUT2D eigenvalue weighted by molar-refractivity contribution is 0.0232. The zero-order valence-corrected chi connectivity index (χ0v) is 10.4. The van der Waals surface area contributed by atoms with E-state index < -0.39 is 0 Å². The second kappa shape index (κ2) is 5.35. The van der Waals surface area contributed by atoms with Gasteiger partial charge in [0.25, 0.3) is 0 Å². The first-order valence-electron chi connectivity index (χ1n) is 5.63. The molecule has 2 rings (SSSR count). The molecule has 1 N–H and O–H groups in total. The number of aromatic nitrogens is 1. The van der Waals surface area contributed by atoms with Crippen molar-refractivity contribution in [2.45, 2.75) is 31.9 Å². The third-order valence-corrected chi connectivity index (χ3v) is 3.22. The van der Waals surface area contributed by atoms with Crippen LogP contribution >= 0.6 is 11.6 Å². The Balaban J connectivity index is 2.11. The second-order valence-electron chi connectivity index (χ2n) is 4.18. The highest BCUT2D eigenvalue weighted by Crippen LogP contribution is 2.25. The number of hydrogen-bond acceptors (Lipinski definition) is 4. The van der Waals surface area contributed by atoms with Crippen molar-refractivity contribution in [2.75, 3.05) is 11.9 Å². The SMILES string of the molecule is CC1CC(Nc2nccc(C#N)c2Cl)CCO1. The van der Waals surface area contributed by atoms with Gasteiger partial charge in [-0.3, -0.25) is 0 Å². The van der Waals surface area contributed by atoms with Crippen molar-refractivity contribution < 1.29 is 4.74 Å². The first-order valence-corrected chi connectivity index (χ1v) is 6.01. The lowest BCUT2D eigenvalue weighted by Crippen LogP contribution is -2.32. The molecule has 1 aliphatic rings. The van der Waals surface area contributed by atoms with E-state index in [0.717, 1.165) is 19.4 Å². The molecule has 4 nitrogen and oxygen atoms in total. The van der Waals surface area contributed by atoms with Crippen molar-refractivity contribution in [1.29, 1.82) is 5.26 Å². The molecule has 1 aromatic rings. The van der Waals surface area contributed by atoms with Crippen molar-refractivity contribution in [3.63, 3.8) is 0 Å². The van der Waals surface area contributed by atoms with E-state index in [-0.39, 0.29) is 6.10 Å². The molecule has 1 saturated heterocycles. The molecule has 1 aliphatic heterocycles. The topological polar surface area (TPSA) is 57.9 Å². The van der Waals surface area contributed by atoms with Crippen LogP contribution < -0.4 is 5.32 Å². The summed E-state index contributed by atoms with van der Waals surface area (Å²) < 4.78 is 5.48. The molecule has 0 aliphatic carbocycles. The largest absolute Gasteiger partial charge is 0.378 e. The molecule has 0 saturated carbocycles. The summed E-state index contributed by atoms with van der Waals surface area (Å²) in [4.78, 5) is 4.17. The van der Waals surface area contributed by atoms with Gasteiger partial charge in [0.05, 0.1) is 11.7 Å². The monoisotopic (exact) mass is 251 g/mol. The van der Waals surface area contributed by atoms with Crippen molar-refractivity contribution in [3.05, 3.63) is 22.8 Å². The molecule has 17 heavy (non-hydrogen) atoms. The first-order chi connectivity index (χ1) is 8.20. The van der Waals surface area contributed by atoms with Crippen LogP contribution in [0.4, 0.5) is 5.82 Å². The molecule has 0 radical (unpaired) electrons. The molecule has 2 heterocycles. The van der Waals surface area contributed by atoms with Crippen molar-refractivity contribution in [1.82, 2.24) is 4.98 Å². The van der Waals surface area contributed by atoms with Gasteiger partial charge in [-0.1, -0.05) is 11.6 Å². The van der Waals surface area contributed by atoms with Crippen LogP contribution in [0, 0.1) is 11.3 Å². The summed E-state index contributed by atoms with van der Waals surface area (Å²) in [6, 6.07) is 3.96. The number of nitrogens with one attached hydrogen (secondary N) is 1. The maximum absolute atomic E-state index is 8.88. The number of pyridine rings is 1. The van der Waals surface area contributed by atoms with E-state index in [2.05, 4.69) is 17.2 Å². The van der Waals surface area contributed by atoms with Crippen LogP contribution in [0.25, 0.3) is 0 Å². The van der Waals surface area contributed by atoms with E-state index in [9.17, 15) is 0 Å². The molecular weight excluding hydrogens is 238 g/mol. The molecule has 0 spiro atoms. The molecule has 1 aromatic heterocycles. The minimum Gasteiger partial charge on any atom is -0.378 e. The lowest BCUT2D eigenvalue weighted by Gasteiger charge is -2.28. The number of anilines is 1. The third-order valence-electron chi connectivity index (χ3n) is 2.84. The van der Waals surface area contributed by atoms with E-state index in [1.54, 1.807) is 12.3 Å². The summed E-state index contributed by atoms with van der Waals surface area (Å²) in [5, 5.41) is 12.6.